The van der Waals surface area contributed by atoms with Gasteiger partial charge in [0.15, 0.2) is 0 Å². The number of hydrogen-bond donors (Lipinski definition) is 0. The van der Waals surface area contributed by atoms with Crippen LogP contribution in [0.25, 0.3) is 0 Å². The molecule has 1 saturated carbocycles. The molecule has 18 heavy (non-hydrogen) atoms. The van der Waals surface area contributed by atoms with Crippen LogP contribution in [0.2, 0.25) is 0 Å². The van der Waals surface area contributed by atoms with Crippen molar-refractivity contribution >= 4 is 21.8 Å². The Morgan fingerprint density at radius 3 is 2.22 bits per heavy atom. The maximum absolute atomic E-state index is 12.5. The van der Waals surface area contributed by atoms with E-state index in [0.29, 0.717) is 28.7 Å². The monoisotopic (exact) mass is 313 g/mol. The predicted octanol–water partition coefficient (Wildman–Crippen LogP) is 3.87. The second-order valence-electron chi connectivity index (χ2n) is 6.46. The van der Waals surface area contributed by atoms with Crippen LogP contribution >= 0.6 is 15.9 Å². The van der Waals surface area contributed by atoms with Crippen LogP contribution in [0.15, 0.2) is 0 Å². The number of halogens is 1. The fourth-order valence-corrected chi connectivity index (χ4v) is 5.12. The molecule has 1 aliphatic carbocycles. The normalized spacial score (nSPS) is 36.9. The molecule has 0 N–H and O–H groups in total. The maximum Gasteiger partial charge on any atom is 0.223 e. The Bertz CT molecular complexity index is 300. The molecule has 2 atom stereocenters. The predicted molar refractivity (Wildman–Crippen MR) is 76.8 cm³/mol. The summed E-state index contributed by atoms with van der Waals surface area (Å²) in [5.74, 6) is 1.15. The zero-order valence-corrected chi connectivity index (χ0v) is 12.7. The molecule has 2 heterocycles. The summed E-state index contributed by atoms with van der Waals surface area (Å²) in [6, 6.07) is 1.09. The van der Waals surface area contributed by atoms with Gasteiger partial charge in [-0.15, -0.1) is 0 Å². The van der Waals surface area contributed by atoms with Crippen LogP contribution < -0.4 is 0 Å². The molecule has 1 amide bonds. The van der Waals surface area contributed by atoms with Gasteiger partial charge in [-0.3, -0.25) is 4.79 Å². The maximum atomic E-state index is 12.5. The SMILES string of the molecule is O=C(CC1CCCCC1)N1C2CCC1CC(Br)C2. The average molecular weight is 314 g/mol. The highest BCUT2D eigenvalue weighted by atomic mass is 79.9. The Kier molecular flexibility index (Phi) is 3.97. The Morgan fingerprint density at radius 2 is 1.61 bits per heavy atom. The lowest BCUT2D eigenvalue weighted by atomic mass is 9.86. The molecule has 2 unspecified atom stereocenters. The van der Waals surface area contributed by atoms with Crippen LogP contribution in [0, 0.1) is 5.92 Å². The summed E-state index contributed by atoms with van der Waals surface area (Å²) in [7, 11) is 0. The number of rotatable bonds is 2. The molecule has 2 aliphatic heterocycles. The molecule has 2 nitrogen and oxygen atoms in total. The highest BCUT2D eigenvalue weighted by Crippen LogP contribution is 2.39. The van der Waals surface area contributed by atoms with Crippen LogP contribution in [0.4, 0.5) is 0 Å². The fourth-order valence-electron chi connectivity index (χ4n) is 4.26. The first-order valence-corrected chi connectivity index (χ1v) is 8.61. The summed E-state index contributed by atoms with van der Waals surface area (Å²) < 4.78 is 0. The van der Waals surface area contributed by atoms with Gasteiger partial charge in [0.1, 0.15) is 0 Å². The third kappa shape index (κ3) is 2.61. The number of piperidine rings is 1. The Labute approximate surface area is 119 Å². The smallest absolute Gasteiger partial charge is 0.223 e. The Morgan fingerprint density at radius 1 is 1.00 bits per heavy atom. The largest absolute Gasteiger partial charge is 0.337 e. The van der Waals surface area contributed by atoms with Crippen molar-refractivity contribution in [1.29, 1.82) is 0 Å². The minimum absolute atomic E-state index is 0.466. The summed E-state index contributed by atoms with van der Waals surface area (Å²) in [5, 5.41) is 0. The van der Waals surface area contributed by atoms with E-state index in [1.807, 2.05) is 0 Å². The molecular weight excluding hydrogens is 290 g/mol. The molecule has 2 bridgehead atoms. The van der Waals surface area contributed by atoms with Gasteiger partial charge in [0.05, 0.1) is 0 Å². The Hall–Kier alpha value is -0.0500. The van der Waals surface area contributed by atoms with E-state index in [4.69, 9.17) is 0 Å². The van der Waals surface area contributed by atoms with E-state index in [9.17, 15) is 4.79 Å². The summed E-state index contributed by atoms with van der Waals surface area (Å²) in [4.78, 5) is 15.5. The van der Waals surface area contributed by atoms with Crippen molar-refractivity contribution in [3.05, 3.63) is 0 Å². The van der Waals surface area contributed by atoms with Crippen molar-refractivity contribution in [3.8, 4) is 0 Å². The first-order valence-electron chi connectivity index (χ1n) is 7.69. The van der Waals surface area contributed by atoms with Crippen LogP contribution in [0.5, 0.6) is 0 Å². The average Bonchev–Trinajstić information content (AvgIpc) is 2.63. The molecule has 3 fully saturated rings. The lowest BCUT2D eigenvalue weighted by Crippen LogP contribution is -2.47. The standard InChI is InChI=1S/C15H24BrNO/c16-12-9-13-6-7-14(10-12)17(13)15(18)8-11-4-2-1-3-5-11/h11-14H,1-10H2. The Balaban J connectivity index is 1.59. The fraction of sp³-hybridized carbons (Fsp3) is 0.933. The zero-order chi connectivity index (χ0) is 12.5. The van der Waals surface area contributed by atoms with Crippen molar-refractivity contribution in [3.63, 3.8) is 0 Å². The molecule has 0 spiro atoms. The molecule has 0 aromatic carbocycles. The summed E-state index contributed by atoms with van der Waals surface area (Å²) >= 11 is 3.75. The van der Waals surface area contributed by atoms with Crippen LogP contribution in [-0.2, 0) is 4.79 Å². The van der Waals surface area contributed by atoms with Crippen molar-refractivity contribution in [2.75, 3.05) is 0 Å². The first-order chi connectivity index (χ1) is 8.74. The van der Waals surface area contributed by atoms with Gasteiger partial charge in [0.25, 0.3) is 0 Å². The van der Waals surface area contributed by atoms with E-state index < -0.39 is 0 Å². The third-order valence-corrected chi connectivity index (χ3v) is 5.90. The third-order valence-electron chi connectivity index (χ3n) is 5.15. The van der Waals surface area contributed by atoms with Crippen LogP contribution in [0.1, 0.15) is 64.2 Å². The van der Waals surface area contributed by atoms with Gasteiger partial charge in [-0.25, -0.2) is 0 Å². The molecule has 0 aromatic heterocycles. The van der Waals surface area contributed by atoms with Gasteiger partial charge < -0.3 is 4.90 Å². The number of fused-ring (bicyclic) bond motifs is 2. The zero-order valence-electron chi connectivity index (χ0n) is 11.1. The molecule has 102 valence electrons. The van der Waals surface area contributed by atoms with Crippen LogP contribution in [0.3, 0.4) is 0 Å². The number of amides is 1. The first kappa shape index (κ1) is 13.0. The lowest BCUT2D eigenvalue weighted by Gasteiger charge is -2.38. The molecular formula is C15H24BrNO. The minimum Gasteiger partial charge on any atom is -0.337 e. The number of hydrogen-bond acceptors (Lipinski definition) is 1. The van der Waals surface area contributed by atoms with Gasteiger partial charge >= 0.3 is 0 Å². The summed E-state index contributed by atoms with van der Waals surface area (Å²) in [6.07, 6.45) is 12.3. The number of alkyl halides is 1. The van der Waals surface area contributed by atoms with Gasteiger partial charge in [-0.05, 0) is 44.4 Å². The van der Waals surface area contributed by atoms with Crippen molar-refractivity contribution in [1.82, 2.24) is 4.90 Å². The van der Waals surface area contributed by atoms with E-state index in [1.165, 1.54) is 57.8 Å². The summed E-state index contributed by atoms with van der Waals surface area (Å²) in [6.45, 7) is 0. The van der Waals surface area contributed by atoms with E-state index in [1.54, 1.807) is 0 Å². The highest BCUT2D eigenvalue weighted by Gasteiger charge is 2.42. The molecule has 3 heteroatoms. The van der Waals surface area contributed by atoms with Gasteiger partial charge in [0, 0.05) is 23.3 Å². The molecule has 2 saturated heterocycles. The van der Waals surface area contributed by atoms with Crippen molar-refractivity contribution in [2.24, 2.45) is 5.92 Å². The number of carbonyl (C=O) groups excluding carboxylic acids is 1. The quantitative estimate of drug-likeness (QED) is 0.709. The number of carbonyl (C=O) groups is 1. The van der Waals surface area contributed by atoms with Crippen molar-refractivity contribution < 1.29 is 4.79 Å². The second-order valence-corrected chi connectivity index (χ2v) is 7.76. The van der Waals surface area contributed by atoms with E-state index in [-0.39, 0.29) is 0 Å². The summed E-state index contributed by atoms with van der Waals surface area (Å²) in [5.41, 5.74) is 0. The highest BCUT2D eigenvalue weighted by molar-refractivity contribution is 9.09. The molecule has 3 rings (SSSR count). The molecule has 0 radical (unpaired) electrons. The topological polar surface area (TPSA) is 20.3 Å². The minimum atomic E-state index is 0.466. The number of nitrogens with zero attached hydrogens (tertiary/aromatic N) is 1. The molecule has 3 aliphatic rings. The van der Waals surface area contributed by atoms with Gasteiger partial charge in [-0.2, -0.15) is 0 Å². The van der Waals surface area contributed by atoms with Gasteiger partial charge in [0.2, 0.25) is 5.91 Å². The van der Waals surface area contributed by atoms with E-state index in [2.05, 4.69) is 20.8 Å². The molecule has 0 aromatic rings. The van der Waals surface area contributed by atoms with E-state index in [0.717, 1.165) is 6.42 Å². The second kappa shape index (κ2) is 5.52. The van der Waals surface area contributed by atoms with E-state index >= 15 is 0 Å². The lowest BCUT2D eigenvalue weighted by molar-refractivity contribution is -0.136. The van der Waals surface area contributed by atoms with Crippen LogP contribution in [-0.4, -0.2) is 27.7 Å². The van der Waals surface area contributed by atoms with Gasteiger partial charge in [-0.1, -0.05) is 35.2 Å². The van der Waals surface area contributed by atoms with Crippen molar-refractivity contribution in [2.45, 2.75) is 81.1 Å².